The maximum Gasteiger partial charge on any atom is 0.264 e. The van der Waals surface area contributed by atoms with E-state index in [4.69, 9.17) is 9.47 Å². The van der Waals surface area contributed by atoms with Crippen molar-refractivity contribution >= 4 is 17.4 Å². The SMILES string of the molecule is CC(C)N1C(=O)[C@](O)(CC(=O)c2ccc3c(c2)OCCO3)c2ccccc21. The van der Waals surface area contributed by atoms with E-state index in [1.54, 1.807) is 41.3 Å². The zero-order chi connectivity index (χ0) is 19.2. The van der Waals surface area contributed by atoms with E-state index < -0.39 is 11.5 Å². The molecular formula is C21H21NO5. The van der Waals surface area contributed by atoms with Crippen LogP contribution in [0.1, 0.15) is 36.2 Å². The number of aliphatic hydroxyl groups is 1. The highest BCUT2D eigenvalue weighted by molar-refractivity contribution is 6.11. The molecule has 4 rings (SSSR count). The summed E-state index contributed by atoms with van der Waals surface area (Å²) in [6.45, 7) is 4.65. The number of carbonyl (C=O) groups excluding carboxylic acids is 2. The molecule has 0 bridgehead atoms. The minimum absolute atomic E-state index is 0.128. The highest BCUT2D eigenvalue weighted by atomic mass is 16.6. The van der Waals surface area contributed by atoms with Crippen molar-refractivity contribution in [2.75, 3.05) is 18.1 Å². The lowest BCUT2D eigenvalue weighted by Crippen LogP contribution is -2.44. The maximum absolute atomic E-state index is 13.0. The van der Waals surface area contributed by atoms with E-state index in [1.165, 1.54) is 0 Å². The van der Waals surface area contributed by atoms with E-state index in [-0.39, 0.29) is 18.2 Å². The molecule has 27 heavy (non-hydrogen) atoms. The van der Waals surface area contributed by atoms with Gasteiger partial charge in [-0.2, -0.15) is 0 Å². The standard InChI is InChI=1S/C21H21NO5/c1-13(2)22-16-6-4-3-5-15(16)21(25,20(22)24)12-17(23)14-7-8-18-19(11-14)27-10-9-26-18/h3-8,11,13,25H,9-10,12H2,1-2H3/t21-/m0/s1. The molecule has 1 N–H and O–H groups in total. The Morgan fingerprint density at radius 2 is 1.85 bits per heavy atom. The molecule has 6 heteroatoms. The van der Waals surface area contributed by atoms with E-state index in [0.29, 0.717) is 41.5 Å². The Hall–Kier alpha value is -2.86. The van der Waals surface area contributed by atoms with Gasteiger partial charge in [0, 0.05) is 17.2 Å². The van der Waals surface area contributed by atoms with Crippen molar-refractivity contribution in [2.45, 2.75) is 31.9 Å². The first-order chi connectivity index (χ1) is 12.9. The monoisotopic (exact) mass is 367 g/mol. The van der Waals surface area contributed by atoms with Crippen LogP contribution in [0, 0.1) is 0 Å². The van der Waals surface area contributed by atoms with Crippen LogP contribution in [0.3, 0.4) is 0 Å². The van der Waals surface area contributed by atoms with Crippen molar-refractivity contribution < 1.29 is 24.2 Å². The summed E-state index contributed by atoms with van der Waals surface area (Å²) in [5.74, 6) is 0.290. The Morgan fingerprint density at radius 3 is 2.59 bits per heavy atom. The number of fused-ring (bicyclic) bond motifs is 2. The number of amides is 1. The summed E-state index contributed by atoms with van der Waals surface area (Å²) in [6, 6.07) is 11.8. The number of para-hydroxylation sites is 1. The zero-order valence-electron chi connectivity index (χ0n) is 15.3. The molecule has 2 aliphatic heterocycles. The van der Waals surface area contributed by atoms with Crippen LogP contribution in [0.2, 0.25) is 0 Å². The number of benzene rings is 2. The van der Waals surface area contributed by atoms with Crippen LogP contribution in [-0.2, 0) is 10.4 Å². The number of carbonyl (C=O) groups is 2. The van der Waals surface area contributed by atoms with Crippen molar-refractivity contribution in [3.63, 3.8) is 0 Å². The van der Waals surface area contributed by atoms with E-state index in [2.05, 4.69) is 0 Å². The van der Waals surface area contributed by atoms with E-state index in [1.807, 2.05) is 19.9 Å². The van der Waals surface area contributed by atoms with Gasteiger partial charge >= 0.3 is 0 Å². The van der Waals surface area contributed by atoms with Gasteiger partial charge in [0.05, 0.1) is 12.1 Å². The van der Waals surface area contributed by atoms with Gasteiger partial charge < -0.3 is 19.5 Å². The fourth-order valence-electron chi connectivity index (χ4n) is 3.69. The molecule has 2 heterocycles. The summed E-state index contributed by atoms with van der Waals surface area (Å²) in [6.07, 6.45) is -0.328. The lowest BCUT2D eigenvalue weighted by Gasteiger charge is -2.25. The average Bonchev–Trinajstić information content (AvgIpc) is 2.89. The molecule has 6 nitrogen and oxygen atoms in total. The molecule has 0 aromatic heterocycles. The van der Waals surface area contributed by atoms with E-state index in [9.17, 15) is 14.7 Å². The summed E-state index contributed by atoms with van der Waals surface area (Å²) in [7, 11) is 0. The molecule has 2 aromatic carbocycles. The summed E-state index contributed by atoms with van der Waals surface area (Å²) < 4.78 is 11.0. The highest BCUT2D eigenvalue weighted by Crippen LogP contribution is 2.44. The van der Waals surface area contributed by atoms with Crippen LogP contribution >= 0.6 is 0 Å². The van der Waals surface area contributed by atoms with Crippen molar-refractivity contribution in [2.24, 2.45) is 0 Å². The lowest BCUT2D eigenvalue weighted by atomic mass is 9.88. The molecule has 0 radical (unpaired) electrons. The predicted octanol–water partition coefficient (Wildman–Crippen LogP) is 2.67. The third-order valence-electron chi connectivity index (χ3n) is 4.98. The van der Waals surface area contributed by atoms with Crippen LogP contribution in [0.5, 0.6) is 11.5 Å². The number of hydrogen-bond acceptors (Lipinski definition) is 5. The average molecular weight is 367 g/mol. The zero-order valence-corrected chi connectivity index (χ0v) is 15.3. The first kappa shape index (κ1) is 17.5. The predicted molar refractivity (Wildman–Crippen MR) is 99.3 cm³/mol. The van der Waals surface area contributed by atoms with Crippen molar-refractivity contribution in [3.05, 3.63) is 53.6 Å². The topological polar surface area (TPSA) is 76.1 Å². The second kappa shape index (κ2) is 6.39. The van der Waals surface area contributed by atoms with Gasteiger partial charge in [0.1, 0.15) is 13.2 Å². The van der Waals surface area contributed by atoms with E-state index >= 15 is 0 Å². The number of hydrogen-bond donors (Lipinski definition) is 1. The fourth-order valence-corrected chi connectivity index (χ4v) is 3.69. The third-order valence-corrected chi connectivity index (χ3v) is 4.98. The minimum atomic E-state index is -1.87. The molecule has 1 atom stereocenters. The summed E-state index contributed by atoms with van der Waals surface area (Å²) in [5, 5.41) is 11.2. The molecule has 2 aromatic rings. The lowest BCUT2D eigenvalue weighted by molar-refractivity contribution is -0.136. The number of ether oxygens (including phenoxy) is 2. The molecule has 0 aliphatic carbocycles. The Bertz CT molecular complexity index is 923. The smallest absolute Gasteiger partial charge is 0.264 e. The molecule has 2 aliphatic rings. The van der Waals surface area contributed by atoms with Crippen molar-refractivity contribution in [3.8, 4) is 11.5 Å². The number of Topliss-reactive ketones (excluding diaryl/α,β-unsaturated/α-hetero) is 1. The fraction of sp³-hybridized carbons (Fsp3) is 0.333. The van der Waals surface area contributed by atoms with Crippen LogP contribution in [0.25, 0.3) is 0 Å². The van der Waals surface area contributed by atoms with Crippen LogP contribution in [0.4, 0.5) is 5.69 Å². The van der Waals surface area contributed by atoms with Crippen LogP contribution < -0.4 is 14.4 Å². The Balaban J connectivity index is 1.67. The summed E-state index contributed by atoms with van der Waals surface area (Å²) >= 11 is 0. The van der Waals surface area contributed by atoms with Gasteiger partial charge in [-0.15, -0.1) is 0 Å². The van der Waals surface area contributed by atoms with Crippen LogP contribution in [0.15, 0.2) is 42.5 Å². The molecule has 0 fully saturated rings. The highest BCUT2D eigenvalue weighted by Gasteiger charge is 2.51. The van der Waals surface area contributed by atoms with Gasteiger partial charge in [-0.1, -0.05) is 18.2 Å². The Labute approximate surface area is 157 Å². The number of nitrogens with zero attached hydrogens (tertiary/aromatic N) is 1. The molecule has 140 valence electrons. The molecule has 0 saturated heterocycles. The number of anilines is 1. The molecular weight excluding hydrogens is 346 g/mol. The first-order valence-corrected chi connectivity index (χ1v) is 9.00. The van der Waals surface area contributed by atoms with Gasteiger partial charge in [-0.25, -0.2) is 0 Å². The minimum Gasteiger partial charge on any atom is -0.486 e. The maximum atomic E-state index is 13.0. The Kier molecular flexibility index (Phi) is 4.15. The second-order valence-corrected chi connectivity index (χ2v) is 7.10. The molecule has 0 saturated carbocycles. The van der Waals surface area contributed by atoms with Gasteiger partial charge in [0.2, 0.25) is 0 Å². The van der Waals surface area contributed by atoms with E-state index in [0.717, 1.165) is 0 Å². The molecule has 1 amide bonds. The Morgan fingerprint density at radius 1 is 1.15 bits per heavy atom. The largest absolute Gasteiger partial charge is 0.486 e. The molecule has 0 spiro atoms. The van der Waals surface area contributed by atoms with Crippen molar-refractivity contribution in [1.82, 2.24) is 0 Å². The van der Waals surface area contributed by atoms with Crippen molar-refractivity contribution in [1.29, 1.82) is 0 Å². The first-order valence-electron chi connectivity index (χ1n) is 9.00. The van der Waals surface area contributed by atoms with Crippen LogP contribution in [-0.4, -0.2) is 36.1 Å². The summed E-state index contributed by atoms with van der Waals surface area (Å²) in [5.41, 5.74) is -0.379. The normalized spacial score (nSPS) is 20.7. The van der Waals surface area contributed by atoms with Gasteiger partial charge in [-0.3, -0.25) is 9.59 Å². The number of rotatable bonds is 4. The van der Waals surface area contributed by atoms with Gasteiger partial charge in [0.25, 0.3) is 5.91 Å². The third kappa shape index (κ3) is 2.77. The quantitative estimate of drug-likeness (QED) is 0.841. The second-order valence-electron chi connectivity index (χ2n) is 7.10. The number of ketones is 1. The molecule has 0 unspecified atom stereocenters. The van der Waals surface area contributed by atoms with Gasteiger partial charge in [0.15, 0.2) is 22.9 Å². The van der Waals surface area contributed by atoms with Gasteiger partial charge in [-0.05, 0) is 38.1 Å². The summed E-state index contributed by atoms with van der Waals surface area (Å²) in [4.78, 5) is 27.4.